The van der Waals surface area contributed by atoms with E-state index in [1.165, 1.54) is 4.90 Å². The fraction of sp³-hybridized carbons (Fsp3) is 0.400. The fourth-order valence-corrected chi connectivity index (χ4v) is 4.74. The third-order valence-corrected chi connectivity index (χ3v) is 6.38. The lowest BCUT2D eigenvalue weighted by Crippen LogP contribution is -3.13. The van der Waals surface area contributed by atoms with Gasteiger partial charge < -0.3 is 14.7 Å². The van der Waals surface area contributed by atoms with Gasteiger partial charge in [-0.25, -0.2) is 0 Å². The van der Waals surface area contributed by atoms with Gasteiger partial charge in [-0.05, 0) is 61.1 Å². The number of benzene rings is 1. The van der Waals surface area contributed by atoms with Gasteiger partial charge in [0.15, 0.2) is 12.5 Å². The molecule has 0 bridgehead atoms. The van der Waals surface area contributed by atoms with E-state index in [4.69, 9.17) is 22.1 Å². The second-order valence-electron chi connectivity index (χ2n) is 7.25. The Bertz CT molecular complexity index is 1010. The predicted octanol–water partition coefficient (Wildman–Crippen LogP) is 2.45. The van der Waals surface area contributed by atoms with Crippen molar-refractivity contribution in [2.75, 3.05) is 20.2 Å². The number of piperidine rings is 1. The van der Waals surface area contributed by atoms with Gasteiger partial charge in [-0.3, -0.25) is 4.57 Å². The summed E-state index contributed by atoms with van der Waals surface area (Å²) in [4.78, 5) is 2.36. The Labute approximate surface area is 173 Å². The molecule has 28 heavy (non-hydrogen) atoms. The van der Waals surface area contributed by atoms with Gasteiger partial charge in [0.25, 0.3) is 0 Å². The summed E-state index contributed by atoms with van der Waals surface area (Å²) in [5.41, 5.74) is 2.03. The van der Waals surface area contributed by atoms with E-state index in [0.29, 0.717) is 11.4 Å². The van der Waals surface area contributed by atoms with Gasteiger partial charge in [0.05, 0.1) is 24.2 Å². The average molecular weight is 418 g/mol. The first-order valence-corrected chi connectivity index (χ1v) is 10.8. The van der Waals surface area contributed by atoms with Crippen LogP contribution in [-0.4, -0.2) is 45.8 Å². The zero-order valence-corrected chi connectivity index (χ0v) is 17.7. The minimum atomic E-state index is -0.242. The first kappa shape index (κ1) is 19.3. The smallest absolute Gasteiger partial charge is 0.207 e. The molecule has 2 atom stereocenters. The minimum Gasteiger partial charge on any atom is -0.495 e. The van der Waals surface area contributed by atoms with Crippen LogP contribution in [0.2, 0.25) is 0 Å². The number of nitrogens with one attached hydrogen (secondary N) is 1. The molecule has 0 aliphatic carbocycles. The van der Waals surface area contributed by atoms with E-state index in [2.05, 4.69) is 19.1 Å². The summed E-state index contributed by atoms with van der Waals surface area (Å²) < 4.78 is 10.2. The molecule has 0 spiro atoms. The number of likely N-dealkylation sites (tertiary alicyclic amines) is 1. The van der Waals surface area contributed by atoms with E-state index in [1.807, 2.05) is 32.8 Å². The summed E-state index contributed by atoms with van der Waals surface area (Å²) >= 11 is 7.49. The van der Waals surface area contributed by atoms with E-state index in [9.17, 15) is 5.11 Å². The Morgan fingerprint density at radius 1 is 1.39 bits per heavy atom. The molecule has 8 heteroatoms. The maximum absolute atomic E-state index is 10.0. The standard InChI is InChI=1S/C20H24N4O2S2/c1-14-7-8-17(26-2)16(11-14)24-19(18-6-4-10-28-18)21-23(20(24)27)13-22-9-3-5-15(25)12-22/h4,6-8,10-11,15,25H,3,5,9,12-13H2,1-2H3/p+1/t15-/m0/s1. The summed E-state index contributed by atoms with van der Waals surface area (Å²) in [5.74, 6) is 1.58. The third kappa shape index (κ3) is 3.77. The molecular formula is C20H25N4O2S2+. The molecule has 148 valence electrons. The molecule has 1 aliphatic rings. The van der Waals surface area contributed by atoms with Gasteiger partial charge >= 0.3 is 0 Å². The highest BCUT2D eigenvalue weighted by Gasteiger charge is 2.24. The zero-order chi connectivity index (χ0) is 19.7. The first-order chi connectivity index (χ1) is 13.6. The molecule has 1 saturated heterocycles. The highest BCUT2D eigenvalue weighted by Crippen LogP contribution is 2.31. The van der Waals surface area contributed by atoms with Crippen molar-refractivity contribution in [3.8, 4) is 22.1 Å². The van der Waals surface area contributed by atoms with E-state index < -0.39 is 0 Å². The van der Waals surface area contributed by atoms with Crippen LogP contribution >= 0.6 is 23.6 Å². The van der Waals surface area contributed by atoms with Crippen molar-refractivity contribution in [1.82, 2.24) is 14.3 Å². The van der Waals surface area contributed by atoms with Crippen LogP contribution < -0.4 is 9.64 Å². The second kappa shape index (κ2) is 8.16. The Morgan fingerprint density at radius 2 is 2.25 bits per heavy atom. The van der Waals surface area contributed by atoms with Crippen molar-refractivity contribution >= 4 is 23.6 Å². The van der Waals surface area contributed by atoms with Crippen LogP contribution in [0.4, 0.5) is 0 Å². The van der Waals surface area contributed by atoms with Crippen LogP contribution in [0.15, 0.2) is 35.7 Å². The molecule has 4 rings (SSSR count). The van der Waals surface area contributed by atoms with Gasteiger partial charge in [0.1, 0.15) is 18.4 Å². The van der Waals surface area contributed by atoms with Crippen LogP contribution in [-0.2, 0) is 6.67 Å². The van der Waals surface area contributed by atoms with Crippen LogP contribution in [0.1, 0.15) is 18.4 Å². The normalized spacial score (nSPS) is 19.7. The molecular weight excluding hydrogens is 392 g/mol. The number of ether oxygens (including phenoxy) is 1. The van der Waals surface area contributed by atoms with Crippen molar-refractivity contribution in [3.05, 3.63) is 46.0 Å². The van der Waals surface area contributed by atoms with Crippen LogP contribution in [0.3, 0.4) is 0 Å². The molecule has 1 aliphatic heterocycles. The highest BCUT2D eigenvalue weighted by atomic mass is 32.1. The lowest BCUT2D eigenvalue weighted by molar-refractivity contribution is -0.931. The number of aliphatic hydroxyl groups excluding tert-OH is 1. The molecule has 0 radical (unpaired) electrons. The molecule has 1 fully saturated rings. The number of quaternary nitrogens is 1. The molecule has 6 nitrogen and oxygen atoms in total. The molecule has 1 aromatic carbocycles. The minimum absolute atomic E-state index is 0.242. The Hall–Kier alpha value is -2.00. The SMILES string of the molecule is COc1ccc(C)cc1-n1c(-c2cccs2)nn(C[NH+]2CCC[C@H](O)C2)c1=S. The van der Waals surface area contributed by atoms with E-state index in [0.717, 1.165) is 53.6 Å². The molecule has 1 unspecified atom stereocenters. The van der Waals surface area contributed by atoms with Gasteiger partial charge in [-0.2, -0.15) is 4.68 Å². The number of aryl methyl sites for hydroxylation is 1. The molecule has 0 amide bonds. The van der Waals surface area contributed by atoms with Crippen LogP contribution in [0.5, 0.6) is 5.75 Å². The summed E-state index contributed by atoms with van der Waals surface area (Å²) in [7, 11) is 1.67. The van der Waals surface area contributed by atoms with E-state index in [-0.39, 0.29) is 6.10 Å². The Balaban J connectivity index is 1.82. The number of nitrogens with zero attached hydrogens (tertiary/aromatic N) is 3. The number of aromatic nitrogens is 3. The third-order valence-electron chi connectivity index (χ3n) is 5.12. The quantitative estimate of drug-likeness (QED) is 0.626. The number of hydrogen-bond donors (Lipinski definition) is 2. The van der Waals surface area contributed by atoms with E-state index in [1.54, 1.807) is 18.4 Å². The van der Waals surface area contributed by atoms with Crippen molar-refractivity contribution in [1.29, 1.82) is 0 Å². The number of rotatable bonds is 5. The number of hydrogen-bond acceptors (Lipinski definition) is 5. The molecule has 2 aromatic heterocycles. The maximum atomic E-state index is 10.0. The second-order valence-corrected chi connectivity index (χ2v) is 8.56. The zero-order valence-electron chi connectivity index (χ0n) is 16.1. The summed E-state index contributed by atoms with van der Waals surface area (Å²) in [5, 5.41) is 16.9. The van der Waals surface area contributed by atoms with Crippen LogP contribution in [0.25, 0.3) is 16.4 Å². The first-order valence-electron chi connectivity index (χ1n) is 9.47. The lowest BCUT2D eigenvalue weighted by Gasteiger charge is -2.26. The fourth-order valence-electron chi connectivity index (χ4n) is 3.75. The number of aliphatic hydroxyl groups is 1. The maximum Gasteiger partial charge on any atom is 0.207 e. The predicted molar refractivity (Wildman–Crippen MR) is 113 cm³/mol. The van der Waals surface area contributed by atoms with Gasteiger partial charge in [-0.1, -0.05) is 12.1 Å². The summed E-state index contributed by atoms with van der Waals surface area (Å²) in [6.07, 6.45) is 1.66. The van der Waals surface area contributed by atoms with Gasteiger partial charge in [0.2, 0.25) is 4.77 Å². The van der Waals surface area contributed by atoms with Gasteiger partial charge in [-0.15, -0.1) is 16.4 Å². The molecule has 0 saturated carbocycles. The molecule has 3 aromatic rings. The highest BCUT2D eigenvalue weighted by molar-refractivity contribution is 7.71. The Kier molecular flexibility index (Phi) is 5.63. The van der Waals surface area contributed by atoms with Crippen molar-refractivity contribution in [2.24, 2.45) is 0 Å². The molecule has 3 heterocycles. The summed E-state index contributed by atoms with van der Waals surface area (Å²) in [6, 6.07) is 10.2. The number of methoxy groups -OCH3 is 1. The number of thiophene rings is 1. The Morgan fingerprint density at radius 3 is 2.96 bits per heavy atom. The van der Waals surface area contributed by atoms with Crippen LogP contribution in [0, 0.1) is 11.7 Å². The largest absolute Gasteiger partial charge is 0.495 e. The van der Waals surface area contributed by atoms with Gasteiger partial charge in [0, 0.05) is 0 Å². The van der Waals surface area contributed by atoms with Crippen molar-refractivity contribution < 1.29 is 14.7 Å². The monoisotopic (exact) mass is 417 g/mol. The van der Waals surface area contributed by atoms with Crippen molar-refractivity contribution in [2.45, 2.75) is 32.5 Å². The average Bonchev–Trinajstić information content (AvgIpc) is 3.30. The van der Waals surface area contributed by atoms with Crippen molar-refractivity contribution in [3.63, 3.8) is 0 Å². The topological polar surface area (TPSA) is 56.7 Å². The molecule has 2 N–H and O–H groups in total. The lowest BCUT2D eigenvalue weighted by atomic mass is 10.1. The van der Waals surface area contributed by atoms with E-state index >= 15 is 0 Å². The summed E-state index contributed by atoms with van der Waals surface area (Å²) in [6.45, 7) is 4.46.